The molecule has 2 nitrogen and oxygen atoms in total. The Hall–Kier alpha value is -1.28. The maximum absolute atomic E-state index is 6.12. The smallest absolute Gasteiger partial charge is 0.129 e. The molecular weight excluding hydrogens is 268 g/mol. The molecule has 3 heteroatoms. The summed E-state index contributed by atoms with van der Waals surface area (Å²) >= 11 is 6.12. The van der Waals surface area contributed by atoms with E-state index < -0.39 is 0 Å². The highest BCUT2D eigenvalue weighted by atomic mass is 35.5. The average molecular weight is 289 g/mol. The molecule has 1 fully saturated rings. The quantitative estimate of drug-likeness (QED) is 0.776. The van der Waals surface area contributed by atoms with Crippen LogP contribution in [-0.2, 0) is 5.88 Å². The predicted octanol–water partition coefficient (Wildman–Crippen LogP) is 4.46. The molecule has 1 aromatic carbocycles. The molecule has 1 saturated heterocycles. The van der Waals surface area contributed by atoms with E-state index in [-0.39, 0.29) is 0 Å². The van der Waals surface area contributed by atoms with Crippen molar-refractivity contribution in [3.05, 3.63) is 35.9 Å². The summed E-state index contributed by atoms with van der Waals surface area (Å²) in [5, 5.41) is 1.17. The number of rotatable bonds is 3. The average Bonchev–Trinajstić information content (AvgIpc) is 2.96. The van der Waals surface area contributed by atoms with E-state index in [9.17, 15) is 0 Å². The number of pyridine rings is 1. The van der Waals surface area contributed by atoms with Gasteiger partial charge >= 0.3 is 0 Å². The second-order valence-electron chi connectivity index (χ2n) is 6.03. The van der Waals surface area contributed by atoms with E-state index >= 15 is 0 Å². The van der Waals surface area contributed by atoms with Crippen LogP contribution in [-0.4, -0.2) is 18.1 Å². The minimum atomic E-state index is 0.539. The van der Waals surface area contributed by atoms with E-state index in [1.807, 2.05) is 12.1 Å². The van der Waals surface area contributed by atoms with Crippen molar-refractivity contribution < 1.29 is 0 Å². The SMILES string of the molecule is CC(C)C1CCN(c2cc(CCl)c3ccccc3n2)C1. The van der Waals surface area contributed by atoms with Gasteiger partial charge in [-0.25, -0.2) is 4.98 Å². The molecule has 0 spiro atoms. The van der Waals surface area contributed by atoms with Crippen LogP contribution in [0.15, 0.2) is 30.3 Å². The zero-order chi connectivity index (χ0) is 14.1. The number of benzene rings is 1. The molecule has 0 aliphatic carbocycles. The molecule has 0 N–H and O–H groups in total. The summed E-state index contributed by atoms with van der Waals surface area (Å²) < 4.78 is 0. The van der Waals surface area contributed by atoms with Crippen LogP contribution in [0, 0.1) is 11.8 Å². The van der Waals surface area contributed by atoms with Gasteiger partial charge < -0.3 is 4.90 Å². The summed E-state index contributed by atoms with van der Waals surface area (Å²) in [5.41, 5.74) is 2.23. The van der Waals surface area contributed by atoms with E-state index in [1.165, 1.54) is 17.4 Å². The van der Waals surface area contributed by atoms with Crippen molar-refractivity contribution in [3.63, 3.8) is 0 Å². The first-order valence-electron chi connectivity index (χ1n) is 7.38. The molecule has 106 valence electrons. The van der Waals surface area contributed by atoms with Crippen LogP contribution >= 0.6 is 11.6 Å². The fraction of sp³-hybridized carbons (Fsp3) is 0.471. The van der Waals surface area contributed by atoms with Gasteiger partial charge in [0.2, 0.25) is 0 Å². The van der Waals surface area contributed by atoms with Gasteiger partial charge in [0, 0.05) is 24.4 Å². The first kappa shape index (κ1) is 13.7. The molecule has 1 unspecified atom stereocenters. The topological polar surface area (TPSA) is 16.1 Å². The van der Waals surface area contributed by atoms with E-state index in [2.05, 4.69) is 36.9 Å². The van der Waals surface area contributed by atoms with Gasteiger partial charge in [-0.15, -0.1) is 11.6 Å². The second kappa shape index (κ2) is 5.61. The van der Waals surface area contributed by atoms with Crippen LogP contribution in [0.4, 0.5) is 5.82 Å². The molecular formula is C17H21ClN2. The van der Waals surface area contributed by atoms with Crippen molar-refractivity contribution >= 4 is 28.3 Å². The number of fused-ring (bicyclic) bond motifs is 1. The van der Waals surface area contributed by atoms with Crippen molar-refractivity contribution in [2.24, 2.45) is 11.8 Å². The number of nitrogens with zero attached hydrogens (tertiary/aromatic N) is 2. The highest BCUT2D eigenvalue weighted by Gasteiger charge is 2.26. The standard InChI is InChI=1S/C17H21ClN2/c1-12(2)13-7-8-20(11-13)17-9-14(10-18)15-5-3-4-6-16(15)19-17/h3-6,9,12-13H,7-8,10-11H2,1-2H3. The molecule has 2 aromatic rings. The molecule has 0 bridgehead atoms. The molecule has 1 aliphatic heterocycles. The zero-order valence-corrected chi connectivity index (χ0v) is 12.9. The lowest BCUT2D eigenvalue weighted by atomic mass is 9.95. The van der Waals surface area contributed by atoms with Gasteiger partial charge in [-0.1, -0.05) is 32.0 Å². The number of anilines is 1. The van der Waals surface area contributed by atoms with E-state index in [4.69, 9.17) is 16.6 Å². The van der Waals surface area contributed by atoms with Crippen molar-refractivity contribution in [1.29, 1.82) is 0 Å². The summed E-state index contributed by atoms with van der Waals surface area (Å²) in [7, 11) is 0. The summed E-state index contributed by atoms with van der Waals surface area (Å²) in [6, 6.07) is 10.4. The maximum Gasteiger partial charge on any atom is 0.129 e. The van der Waals surface area contributed by atoms with E-state index in [0.717, 1.165) is 36.3 Å². The van der Waals surface area contributed by atoms with Gasteiger partial charge in [-0.2, -0.15) is 0 Å². The highest BCUT2D eigenvalue weighted by Crippen LogP contribution is 2.30. The third kappa shape index (κ3) is 2.49. The number of aromatic nitrogens is 1. The lowest BCUT2D eigenvalue weighted by Crippen LogP contribution is -2.22. The number of para-hydroxylation sites is 1. The molecule has 1 aliphatic rings. The van der Waals surface area contributed by atoms with Crippen molar-refractivity contribution in [1.82, 2.24) is 4.98 Å². The zero-order valence-electron chi connectivity index (χ0n) is 12.1. The van der Waals surface area contributed by atoms with E-state index in [0.29, 0.717) is 5.88 Å². The lowest BCUT2D eigenvalue weighted by Gasteiger charge is -2.20. The largest absolute Gasteiger partial charge is 0.356 e. The third-order valence-electron chi connectivity index (χ3n) is 4.42. The monoisotopic (exact) mass is 288 g/mol. The fourth-order valence-electron chi connectivity index (χ4n) is 3.04. The van der Waals surface area contributed by atoms with Crippen molar-refractivity contribution in [2.45, 2.75) is 26.1 Å². The summed E-state index contributed by atoms with van der Waals surface area (Å²) in [5.74, 6) is 3.15. The van der Waals surface area contributed by atoms with Crippen LogP contribution in [0.5, 0.6) is 0 Å². The van der Waals surface area contributed by atoms with Gasteiger partial charge in [-0.3, -0.25) is 0 Å². The van der Waals surface area contributed by atoms with Crippen LogP contribution in [0.1, 0.15) is 25.8 Å². The molecule has 0 radical (unpaired) electrons. The minimum Gasteiger partial charge on any atom is -0.356 e. The Balaban J connectivity index is 1.96. The number of alkyl halides is 1. The Labute approximate surface area is 125 Å². The normalized spacial score (nSPS) is 19.2. The van der Waals surface area contributed by atoms with Gasteiger partial charge in [0.1, 0.15) is 5.82 Å². The maximum atomic E-state index is 6.12. The first-order chi connectivity index (χ1) is 9.69. The molecule has 0 saturated carbocycles. The molecule has 2 heterocycles. The number of halogens is 1. The third-order valence-corrected chi connectivity index (χ3v) is 4.71. The van der Waals surface area contributed by atoms with Crippen LogP contribution < -0.4 is 4.90 Å². The Kier molecular flexibility index (Phi) is 3.84. The fourth-order valence-corrected chi connectivity index (χ4v) is 3.27. The Morgan fingerprint density at radius 1 is 1.35 bits per heavy atom. The van der Waals surface area contributed by atoms with Gasteiger partial charge in [0.15, 0.2) is 0 Å². The lowest BCUT2D eigenvalue weighted by molar-refractivity contribution is 0.422. The van der Waals surface area contributed by atoms with Crippen molar-refractivity contribution in [2.75, 3.05) is 18.0 Å². The van der Waals surface area contributed by atoms with Gasteiger partial charge in [0.05, 0.1) is 5.52 Å². The molecule has 3 rings (SSSR count). The van der Waals surface area contributed by atoms with Crippen molar-refractivity contribution in [3.8, 4) is 0 Å². The van der Waals surface area contributed by atoms with Gasteiger partial charge in [0.25, 0.3) is 0 Å². The predicted molar refractivity (Wildman–Crippen MR) is 86.5 cm³/mol. The summed E-state index contributed by atoms with van der Waals surface area (Å²) in [4.78, 5) is 7.24. The second-order valence-corrected chi connectivity index (χ2v) is 6.30. The van der Waals surface area contributed by atoms with Gasteiger partial charge in [-0.05, 0) is 36.0 Å². The van der Waals surface area contributed by atoms with Crippen LogP contribution in [0.3, 0.4) is 0 Å². The number of hydrogen-bond acceptors (Lipinski definition) is 2. The molecule has 1 atom stereocenters. The highest BCUT2D eigenvalue weighted by molar-refractivity contribution is 6.18. The van der Waals surface area contributed by atoms with Crippen LogP contribution in [0.2, 0.25) is 0 Å². The Morgan fingerprint density at radius 2 is 2.15 bits per heavy atom. The minimum absolute atomic E-state index is 0.539. The number of hydrogen-bond donors (Lipinski definition) is 0. The van der Waals surface area contributed by atoms with Crippen LogP contribution in [0.25, 0.3) is 10.9 Å². The molecule has 1 aromatic heterocycles. The summed E-state index contributed by atoms with van der Waals surface area (Å²) in [6.07, 6.45) is 1.27. The van der Waals surface area contributed by atoms with E-state index in [1.54, 1.807) is 0 Å². The first-order valence-corrected chi connectivity index (χ1v) is 7.92. The molecule has 20 heavy (non-hydrogen) atoms. The molecule has 0 amide bonds. The Bertz CT molecular complexity index is 609. The Morgan fingerprint density at radius 3 is 2.85 bits per heavy atom. The summed E-state index contributed by atoms with van der Waals surface area (Å²) in [6.45, 7) is 6.85.